The van der Waals surface area contributed by atoms with Gasteiger partial charge >= 0.3 is 5.69 Å². The number of nitro benzene ring substituents is 1. The van der Waals surface area contributed by atoms with E-state index in [-0.39, 0.29) is 22.9 Å². The molecule has 0 spiro atoms. The lowest BCUT2D eigenvalue weighted by atomic mass is 10.1. The Balaban J connectivity index is 1.87. The van der Waals surface area contributed by atoms with E-state index in [2.05, 4.69) is 5.10 Å². The molecule has 29 heavy (non-hydrogen) atoms. The Labute approximate surface area is 168 Å². The Morgan fingerprint density at radius 3 is 2.52 bits per heavy atom. The molecule has 0 bridgehead atoms. The number of hydrogen-bond donors (Lipinski definition) is 0. The van der Waals surface area contributed by atoms with Crippen LogP contribution in [0.5, 0.6) is 5.75 Å². The van der Waals surface area contributed by atoms with E-state index in [9.17, 15) is 14.9 Å². The van der Waals surface area contributed by atoms with Crippen molar-refractivity contribution in [1.29, 1.82) is 0 Å². The van der Waals surface area contributed by atoms with Crippen LogP contribution in [0.1, 0.15) is 27.3 Å². The van der Waals surface area contributed by atoms with Crippen molar-refractivity contribution >= 4 is 11.6 Å². The third-order valence-electron chi connectivity index (χ3n) is 4.81. The number of hydrogen-bond acceptors (Lipinski definition) is 5. The normalized spacial score (nSPS) is 10.6. The lowest BCUT2D eigenvalue weighted by Gasteiger charge is -2.18. The first kappa shape index (κ1) is 20.1. The fraction of sp³-hybridized carbons (Fsp3) is 0.238. The van der Waals surface area contributed by atoms with Crippen LogP contribution < -0.4 is 4.74 Å². The molecular formula is C21H22N4O4. The summed E-state index contributed by atoms with van der Waals surface area (Å²) < 4.78 is 6.84. The zero-order valence-electron chi connectivity index (χ0n) is 16.7. The summed E-state index contributed by atoms with van der Waals surface area (Å²) in [4.78, 5) is 25.1. The molecule has 0 fully saturated rings. The predicted molar refractivity (Wildman–Crippen MR) is 108 cm³/mol. The second-order valence-electron chi connectivity index (χ2n) is 6.70. The maximum atomic E-state index is 12.9. The monoisotopic (exact) mass is 394 g/mol. The molecule has 0 N–H and O–H groups in total. The van der Waals surface area contributed by atoms with Gasteiger partial charge in [-0.15, -0.1) is 0 Å². The Bertz CT molecular complexity index is 1060. The summed E-state index contributed by atoms with van der Waals surface area (Å²) in [6.45, 7) is 4.19. The van der Waals surface area contributed by atoms with Crippen LogP contribution in [0.25, 0.3) is 5.69 Å². The average Bonchev–Trinajstić information content (AvgIpc) is 3.01. The number of methoxy groups -OCH3 is 1. The van der Waals surface area contributed by atoms with Crippen LogP contribution in [0.2, 0.25) is 0 Å². The molecule has 150 valence electrons. The van der Waals surface area contributed by atoms with Crippen molar-refractivity contribution in [3.05, 3.63) is 81.2 Å². The third-order valence-corrected chi connectivity index (χ3v) is 4.81. The van der Waals surface area contributed by atoms with Gasteiger partial charge < -0.3 is 9.64 Å². The number of amides is 1. The molecule has 3 aromatic rings. The van der Waals surface area contributed by atoms with Crippen molar-refractivity contribution in [3.63, 3.8) is 0 Å². The van der Waals surface area contributed by atoms with Gasteiger partial charge in [-0.2, -0.15) is 5.10 Å². The van der Waals surface area contributed by atoms with Crippen LogP contribution in [-0.2, 0) is 6.54 Å². The van der Waals surface area contributed by atoms with Crippen molar-refractivity contribution in [2.24, 2.45) is 0 Å². The zero-order valence-corrected chi connectivity index (χ0v) is 16.7. The molecule has 0 radical (unpaired) electrons. The van der Waals surface area contributed by atoms with E-state index in [1.54, 1.807) is 7.05 Å². The number of carbonyl (C=O) groups is 1. The molecule has 0 atom stereocenters. The summed E-state index contributed by atoms with van der Waals surface area (Å²) in [6, 6.07) is 14.0. The van der Waals surface area contributed by atoms with Gasteiger partial charge in [0.1, 0.15) is 0 Å². The lowest BCUT2D eigenvalue weighted by Crippen LogP contribution is -2.26. The van der Waals surface area contributed by atoms with Gasteiger partial charge in [0.05, 0.1) is 23.4 Å². The number of nitrogens with zero attached hydrogens (tertiary/aromatic N) is 4. The largest absolute Gasteiger partial charge is 0.490 e. The van der Waals surface area contributed by atoms with Crippen molar-refractivity contribution in [2.75, 3.05) is 14.2 Å². The summed E-state index contributed by atoms with van der Waals surface area (Å²) >= 11 is 0. The number of benzene rings is 2. The highest BCUT2D eigenvalue weighted by Crippen LogP contribution is 2.28. The van der Waals surface area contributed by atoms with Crippen molar-refractivity contribution in [2.45, 2.75) is 20.4 Å². The van der Waals surface area contributed by atoms with Crippen LogP contribution in [0.15, 0.2) is 48.5 Å². The van der Waals surface area contributed by atoms with Gasteiger partial charge in [-0.1, -0.05) is 18.2 Å². The smallest absolute Gasteiger partial charge is 0.311 e. The first-order valence-corrected chi connectivity index (χ1v) is 9.02. The Hall–Kier alpha value is -3.68. The van der Waals surface area contributed by atoms with Gasteiger partial charge in [-0.05, 0) is 38.1 Å². The molecule has 0 aliphatic rings. The number of aromatic nitrogens is 2. The molecule has 0 saturated carbocycles. The highest BCUT2D eigenvalue weighted by Gasteiger charge is 2.22. The van der Waals surface area contributed by atoms with Crippen molar-refractivity contribution in [3.8, 4) is 11.4 Å². The van der Waals surface area contributed by atoms with Crippen LogP contribution >= 0.6 is 0 Å². The second-order valence-corrected chi connectivity index (χ2v) is 6.70. The first-order valence-electron chi connectivity index (χ1n) is 9.02. The van der Waals surface area contributed by atoms with Crippen LogP contribution in [0.3, 0.4) is 0 Å². The number of ether oxygens (including phenoxy) is 1. The van der Waals surface area contributed by atoms with Gasteiger partial charge in [-0.25, -0.2) is 4.68 Å². The SMILES string of the molecule is COc1ccc(C(=O)N(C)Cc2c(C)nn(-c3ccccc3)c2C)cc1[N+](=O)[O-]. The van der Waals surface area contributed by atoms with Crippen LogP contribution in [0, 0.1) is 24.0 Å². The standard InChI is InChI=1S/C21H22N4O4/c1-14-18(15(2)24(22-14)17-8-6-5-7-9-17)13-23(3)21(26)16-10-11-20(29-4)19(12-16)25(27)28/h5-12H,13H2,1-4H3. The number of rotatable bonds is 6. The molecule has 3 rings (SSSR count). The molecule has 1 aromatic heterocycles. The highest BCUT2D eigenvalue weighted by molar-refractivity contribution is 5.95. The Morgan fingerprint density at radius 2 is 1.90 bits per heavy atom. The molecule has 0 aliphatic heterocycles. The van der Waals surface area contributed by atoms with E-state index < -0.39 is 4.92 Å². The van der Waals surface area contributed by atoms with Crippen LogP contribution in [0.4, 0.5) is 5.69 Å². The van der Waals surface area contributed by atoms with Gasteiger partial charge in [-0.3, -0.25) is 14.9 Å². The highest BCUT2D eigenvalue weighted by atomic mass is 16.6. The van der Waals surface area contributed by atoms with E-state index >= 15 is 0 Å². The van der Waals surface area contributed by atoms with Gasteiger partial charge in [0.2, 0.25) is 0 Å². The van der Waals surface area contributed by atoms with Gasteiger partial charge in [0.15, 0.2) is 5.75 Å². The second kappa shape index (κ2) is 8.14. The molecule has 0 saturated heterocycles. The maximum absolute atomic E-state index is 12.9. The minimum Gasteiger partial charge on any atom is -0.490 e. The summed E-state index contributed by atoms with van der Waals surface area (Å²) in [5.41, 5.74) is 3.63. The summed E-state index contributed by atoms with van der Waals surface area (Å²) in [5.74, 6) is -0.202. The Kier molecular flexibility index (Phi) is 5.63. The molecule has 2 aromatic carbocycles. The number of para-hydroxylation sites is 1. The minimum atomic E-state index is -0.562. The van der Waals surface area contributed by atoms with E-state index in [1.807, 2.05) is 48.9 Å². The fourth-order valence-electron chi connectivity index (χ4n) is 3.22. The van der Waals surface area contributed by atoms with Crippen molar-refractivity contribution in [1.82, 2.24) is 14.7 Å². The molecule has 1 amide bonds. The van der Waals surface area contributed by atoms with Gasteiger partial charge in [0.25, 0.3) is 5.91 Å². The maximum Gasteiger partial charge on any atom is 0.311 e. The first-order chi connectivity index (χ1) is 13.8. The topological polar surface area (TPSA) is 90.5 Å². The molecular weight excluding hydrogens is 372 g/mol. The summed E-state index contributed by atoms with van der Waals surface area (Å²) in [7, 11) is 3.02. The molecule has 0 unspecified atom stereocenters. The van der Waals surface area contributed by atoms with Crippen LogP contribution in [-0.4, -0.2) is 39.7 Å². The predicted octanol–water partition coefficient (Wildman–Crippen LogP) is 3.68. The molecule has 8 heteroatoms. The number of carbonyl (C=O) groups excluding carboxylic acids is 1. The van der Waals surface area contributed by atoms with E-state index in [4.69, 9.17) is 4.74 Å². The lowest BCUT2D eigenvalue weighted by molar-refractivity contribution is -0.385. The van der Waals surface area contributed by atoms with Crippen molar-refractivity contribution < 1.29 is 14.5 Å². The van der Waals surface area contributed by atoms with E-state index in [1.165, 1.54) is 30.2 Å². The molecule has 8 nitrogen and oxygen atoms in total. The minimum absolute atomic E-state index is 0.116. The number of nitro groups is 1. The molecule has 0 aliphatic carbocycles. The number of aryl methyl sites for hydroxylation is 1. The molecule has 1 heterocycles. The quantitative estimate of drug-likeness (QED) is 0.470. The average molecular weight is 394 g/mol. The fourth-order valence-corrected chi connectivity index (χ4v) is 3.22. The zero-order chi connectivity index (χ0) is 21.1. The third kappa shape index (κ3) is 3.96. The van der Waals surface area contributed by atoms with E-state index in [0.29, 0.717) is 6.54 Å². The van der Waals surface area contributed by atoms with Gasteiger partial charge in [0, 0.05) is 36.5 Å². The van der Waals surface area contributed by atoms with E-state index in [0.717, 1.165) is 22.6 Å². The Morgan fingerprint density at radius 1 is 1.21 bits per heavy atom. The summed E-state index contributed by atoms with van der Waals surface area (Å²) in [5, 5.41) is 15.8. The summed E-state index contributed by atoms with van der Waals surface area (Å²) in [6.07, 6.45) is 0.